The predicted octanol–water partition coefficient (Wildman–Crippen LogP) is 10.1. The monoisotopic (exact) mass is 742 g/mol. The van der Waals surface area contributed by atoms with Crippen LogP contribution in [0.1, 0.15) is 50.3 Å². The minimum atomic E-state index is -0.361. The molecule has 3 heterocycles. The Kier molecular flexibility index (Phi) is 8.50. The Labute approximate surface area is 283 Å². The van der Waals surface area contributed by atoms with E-state index in [9.17, 15) is 4.79 Å². The van der Waals surface area contributed by atoms with Gasteiger partial charge in [0.15, 0.2) is 0 Å². The Morgan fingerprint density at radius 3 is 2.47 bits per heavy atom. The van der Waals surface area contributed by atoms with Crippen molar-refractivity contribution in [2.45, 2.75) is 39.2 Å². The Morgan fingerprint density at radius 2 is 1.73 bits per heavy atom. The van der Waals surface area contributed by atoms with Gasteiger partial charge in [-0.3, -0.25) is 0 Å². The fraction of sp³-hybridized carbons (Fsp3) is 0.250. The van der Waals surface area contributed by atoms with Gasteiger partial charge in [0.05, 0.1) is 22.2 Å². The lowest BCUT2D eigenvalue weighted by Crippen LogP contribution is -2.28. The molecular weight excluding hydrogens is 712 g/mol. The average molecular weight is 745 g/mol. The summed E-state index contributed by atoms with van der Waals surface area (Å²) in [4.78, 5) is 21.1. The molecule has 1 fully saturated rings. The predicted molar refractivity (Wildman–Crippen MR) is 193 cm³/mol. The number of thiazole rings is 1. The van der Waals surface area contributed by atoms with E-state index in [2.05, 4.69) is 116 Å². The molecule has 228 valence electrons. The van der Waals surface area contributed by atoms with E-state index in [0.29, 0.717) is 11.1 Å². The number of hydrogen-bond donors (Lipinski definition) is 0. The Balaban J connectivity index is 1.27. The van der Waals surface area contributed by atoms with Crippen molar-refractivity contribution in [3.63, 3.8) is 0 Å². The van der Waals surface area contributed by atoms with Crippen molar-refractivity contribution in [3.8, 4) is 10.4 Å². The van der Waals surface area contributed by atoms with Gasteiger partial charge in [-0.15, -0.1) is 0 Å². The number of benzene rings is 3. The summed E-state index contributed by atoms with van der Waals surface area (Å²) in [6.07, 6.45) is 7.20. The van der Waals surface area contributed by atoms with Crippen LogP contribution in [-0.4, -0.2) is 23.8 Å². The van der Waals surface area contributed by atoms with Crippen molar-refractivity contribution in [3.05, 3.63) is 115 Å². The molecule has 2 atom stereocenters. The maximum absolute atomic E-state index is 13.3. The van der Waals surface area contributed by atoms with Crippen LogP contribution < -0.4 is 15.5 Å². The van der Waals surface area contributed by atoms with Crippen molar-refractivity contribution in [1.29, 1.82) is 0 Å². The van der Waals surface area contributed by atoms with Crippen molar-refractivity contribution < 1.29 is 4.42 Å². The molecule has 9 heteroatoms. The third kappa shape index (κ3) is 5.93. The summed E-state index contributed by atoms with van der Waals surface area (Å²) in [6, 6.07) is 24.9. The molecule has 5 aromatic rings. The molecule has 0 amide bonds. The van der Waals surface area contributed by atoms with E-state index in [1.807, 2.05) is 18.2 Å². The van der Waals surface area contributed by atoms with Gasteiger partial charge in [-0.2, -0.15) is 5.10 Å². The lowest BCUT2D eigenvalue weighted by atomic mass is 9.77. The summed E-state index contributed by atoms with van der Waals surface area (Å²) in [5, 5.41) is 9.01. The van der Waals surface area contributed by atoms with Gasteiger partial charge in [0.1, 0.15) is 5.58 Å². The second-order valence-corrected chi connectivity index (χ2v) is 14.2. The lowest BCUT2D eigenvalue weighted by molar-refractivity contribution is 0.487. The molecule has 45 heavy (non-hydrogen) atoms. The van der Waals surface area contributed by atoms with Crippen LogP contribution in [0.15, 0.2) is 108 Å². The number of hydrazone groups is 1. The minimum absolute atomic E-state index is 0.00669. The highest BCUT2D eigenvalue weighted by atomic mass is 79.9. The van der Waals surface area contributed by atoms with Crippen LogP contribution in [0.25, 0.3) is 27.5 Å². The van der Waals surface area contributed by atoms with Crippen LogP contribution in [0.5, 0.6) is 0 Å². The minimum Gasteiger partial charge on any atom is -0.422 e. The molecule has 0 unspecified atom stereocenters. The number of halogens is 2. The summed E-state index contributed by atoms with van der Waals surface area (Å²) in [7, 11) is 0. The zero-order valence-corrected chi connectivity index (χ0v) is 29.0. The molecule has 0 N–H and O–H groups in total. The Morgan fingerprint density at radius 1 is 1.00 bits per heavy atom. The maximum atomic E-state index is 13.3. The SMILES string of the molecule is CCN(CC)c1ccc2cc(-c3cnc(N4N=C5/C(=C/c6ccc(Br)cc6)CCC[C@@H]5[C@@H]4c4ccc(Br)cc4)s3)c(=O)oc2c1. The number of hydrogen-bond acceptors (Lipinski definition) is 7. The number of anilines is 2. The van der Waals surface area contributed by atoms with E-state index in [1.165, 1.54) is 28.0 Å². The number of fused-ring (bicyclic) bond motifs is 2. The van der Waals surface area contributed by atoms with Gasteiger partial charge in [0.2, 0.25) is 5.13 Å². The van der Waals surface area contributed by atoms with Crippen molar-refractivity contribution in [2.24, 2.45) is 11.0 Å². The molecule has 1 saturated carbocycles. The van der Waals surface area contributed by atoms with Gasteiger partial charge in [-0.1, -0.05) is 67.5 Å². The largest absolute Gasteiger partial charge is 0.422 e. The topological polar surface area (TPSA) is 61.9 Å². The van der Waals surface area contributed by atoms with Crippen molar-refractivity contribution in [2.75, 3.05) is 23.0 Å². The molecule has 3 aromatic carbocycles. The molecular formula is C36H32Br2N4O2S. The van der Waals surface area contributed by atoms with Crippen molar-refractivity contribution in [1.82, 2.24) is 4.98 Å². The van der Waals surface area contributed by atoms with E-state index in [4.69, 9.17) is 14.5 Å². The second-order valence-electron chi connectivity index (χ2n) is 11.4. The first-order valence-corrected chi connectivity index (χ1v) is 17.7. The van der Waals surface area contributed by atoms with Crippen LogP contribution in [0, 0.1) is 5.92 Å². The van der Waals surface area contributed by atoms with Gasteiger partial charge in [-0.25, -0.2) is 14.8 Å². The summed E-state index contributed by atoms with van der Waals surface area (Å²) < 4.78 is 7.97. The second kappa shape index (κ2) is 12.7. The lowest BCUT2D eigenvalue weighted by Gasteiger charge is -2.29. The highest BCUT2D eigenvalue weighted by molar-refractivity contribution is 9.10. The molecule has 1 aliphatic heterocycles. The Bertz CT molecular complexity index is 1980. The number of rotatable bonds is 7. The van der Waals surface area contributed by atoms with E-state index in [1.54, 1.807) is 6.20 Å². The zero-order chi connectivity index (χ0) is 31.1. The van der Waals surface area contributed by atoms with E-state index in [0.717, 1.165) is 68.1 Å². The summed E-state index contributed by atoms with van der Waals surface area (Å²) in [5.74, 6) is 0.236. The van der Waals surface area contributed by atoms with E-state index >= 15 is 0 Å². The first-order valence-electron chi connectivity index (χ1n) is 15.3. The maximum Gasteiger partial charge on any atom is 0.345 e. The molecule has 0 spiro atoms. The highest BCUT2D eigenvalue weighted by Gasteiger charge is 2.43. The molecule has 1 aliphatic carbocycles. The molecule has 6 nitrogen and oxygen atoms in total. The quantitative estimate of drug-likeness (QED) is 0.155. The van der Waals surface area contributed by atoms with E-state index in [-0.39, 0.29) is 17.6 Å². The van der Waals surface area contributed by atoms with Crippen LogP contribution in [0.2, 0.25) is 0 Å². The molecule has 7 rings (SSSR count). The molecule has 2 aliphatic rings. The van der Waals surface area contributed by atoms with Crippen LogP contribution in [0.3, 0.4) is 0 Å². The standard InChI is InChI=1S/C36H32Br2N4O2S/c1-3-41(4-2)28-17-12-24-19-30(35(43)44-31(24)20-28)32-21-39-36(45-32)42-34(23-10-15-27(38)16-11-23)29-7-5-6-25(33(29)40-42)18-22-8-13-26(37)14-9-22/h8-21,29,34H,3-7H2,1-2H3/b25-18+/t29-,34-/m0/s1. The third-order valence-corrected chi connectivity index (χ3v) is 10.8. The molecule has 0 saturated heterocycles. The number of aromatic nitrogens is 1. The highest BCUT2D eigenvalue weighted by Crippen LogP contribution is 2.48. The normalized spacial score (nSPS) is 18.8. The van der Waals surface area contributed by atoms with E-state index < -0.39 is 0 Å². The Hall–Kier alpha value is -3.53. The van der Waals surface area contributed by atoms with Crippen LogP contribution in [-0.2, 0) is 0 Å². The van der Waals surface area contributed by atoms with Crippen LogP contribution in [0.4, 0.5) is 10.8 Å². The first-order chi connectivity index (χ1) is 21.9. The number of allylic oxidation sites excluding steroid dienone is 1. The third-order valence-electron chi connectivity index (χ3n) is 8.73. The summed E-state index contributed by atoms with van der Waals surface area (Å²) in [5.41, 5.74) is 6.55. The fourth-order valence-corrected chi connectivity index (χ4v) is 7.90. The van der Waals surface area contributed by atoms with Gasteiger partial charge in [0, 0.05) is 51.3 Å². The summed E-state index contributed by atoms with van der Waals surface area (Å²) in [6.45, 7) is 6.02. The average Bonchev–Trinajstić information content (AvgIpc) is 3.69. The van der Waals surface area contributed by atoms with Gasteiger partial charge in [-0.05, 0) is 98.4 Å². The molecule has 0 bridgehead atoms. The van der Waals surface area contributed by atoms with Crippen molar-refractivity contribution >= 4 is 76.8 Å². The van der Waals surface area contributed by atoms with Gasteiger partial charge < -0.3 is 9.32 Å². The summed E-state index contributed by atoms with van der Waals surface area (Å²) >= 11 is 8.63. The van der Waals surface area contributed by atoms with Gasteiger partial charge >= 0.3 is 5.63 Å². The zero-order valence-electron chi connectivity index (χ0n) is 25.0. The fourth-order valence-electron chi connectivity index (χ4n) is 6.46. The number of nitrogens with zero attached hydrogens (tertiary/aromatic N) is 4. The van der Waals surface area contributed by atoms with Gasteiger partial charge in [0.25, 0.3) is 0 Å². The first kappa shape index (κ1) is 30.1. The molecule has 0 radical (unpaired) electrons. The smallest absolute Gasteiger partial charge is 0.345 e. The van der Waals surface area contributed by atoms with Crippen LogP contribution >= 0.6 is 43.2 Å². The molecule has 2 aromatic heterocycles.